The van der Waals surface area contributed by atoms with Crippen LogP contribution in [-0.2, 0) is 16.0 Å². The van der Waals surface area contributed by atoms with Crippen molar-refractivity contribution in [2.45, 2.75) is 57.0 Å². The second-order valence-corrected chi connectivity index (χ2v) is 9.19. The molecule has 1 aliphatic carbocycles. The Labute approximate surface area is 197 Å². The summed E-state index contributed by atoms with van der Waals surface area (Å²) in [5.41, 5.74) is 2.30. The van der Waals surface area contributed by atoms with Gasteiger partial charge in [0.05, 0.1) is 12.5 Å². The van der Waals surface area contributed by atoms with E-state index >= 15 is 0 Å². The Morgan fingerprint density at radius 3 is 2.59 bits per heavy atom. The summed E-state index contributed by atoms with van der Waals surface area (Å²) in [6.45, 7) is 2.29. The molecule has 1 aromatic heterocycles. The Hall–Kier alpha value is -3.55. The smallest absolute Gasteiger partial charge is 0.243 e. The molecule has 2 amide bonds. The molecule has 3 aromatic rings. The van der Waals surface area contributed by atoms with Gasteiger partial charge >= 0.3 is 0 Å². The van der Waals surface area contributed by atoms with Crippen molar-refractivity contribution in [3.05, 3.63) is 82.7 Å². The Morgan fingerprint density at radius 2 is 1.91 bits per heavy atom. The van der Waals surface area contributed by atoms with Crippen LogP contribution in [0.4, 0.5) is 4.39 Å². The third-order valence-electron chi connectivity index (χ3n) is 6.63. The number of likely N-dealkylation sites (tertiary alicyclic amines) is 1. The maximum Gasteiger partial charge on any atom is 0.243 e. The average molecular weight is 462 g/mol. The number of amides is 2. The third kappa shape index (κ3) is 4.71. The molecule has 1 saturated heterocycles. The van der Waals surface area contributed by atoms with E-state index in [1.807, 2.05) is 42.5 Å². The number of rotatable bonds is 7. The van der Waals surface area contributed by atoms with E-state index in [1.54, 1.807) is 11.8 Å². The zero-order chi connectivity index (χ0) is 23.7. The summed E-state index contributed by atoms with van der Waals surface area (Å²) in [4.78, 5) is 30.9. The molecule has 2 atom stereocenters. The summed E-state index contributed by atoms with van der Waals surface area (Å²) in [7, 11) is 0. The number of carbonyl (C=O) groups is 2. The summed E-state index contributed by atoms with van der Waals surface area (Å²) in [5.74, 6) is 0.816. The summed E-state index contributed by atoms with van der Waals surface area (Å²) in [5, 5.41) is 11.0. The van der Waals surface area contributed by atoms with E-state index < -0.39 is 12.1 Å². The van der Waals surface area contributed by atoms with Crippen LogP contribution >= 0.6 is 0 Å². The van der Waals surface area contributed by atoms with Crippen molar-refractivity contribution in [3.63, 3.8) is 0 Å². The van der Waals surface area contributed by atoms with Gasteiger partial charge in [0, 0.05) is 6.54 Å². The number of aromatic amines is 1. The first-order valence-electron chi connectivity index (χ1n) is 11.8. The number of halogens is 1. The molecule has 2 heterocycles. The number of hydrogen-bond acceptors (Lipinski definition) is 4. The zero-order valence-corrected chi connectivity index (χ0v) is 19.1. The highest BCUT2D eigenvalue weighted by Gasteiger charge is 2.36. The van der Waals surface area contributed by atoms with Gasteiger partial charge in [-0.3, -0.25) is 9.59 Å². The molecule has 8 heteroatoms. The van der Waals surface area contributed by atoms with E-state index in [0.717, 1.165) is 30.4 Å². The summed E-state index contributed by atoms with van der Waals surface area (Å²) >= 11 is 0. The second kappa shape index (κ2) is 9.37. The molecule has 2 aliphatic rings. The molecule has 2 aromatic carbocycles. The van der Waals surface area contributed by atoms with Crippen molar-refractivity contribution in [1.29, 1.82) is 0 Å². The van der Waals surface area contributed by atoms with E-state index in [0.29, 0.717) is 36.1 Å². The SMILES string of the molecule is Cc1nnc(CC(=O)N2CCC[C@H]2C(=O)N[C@@H](c2ccccc2)c2ccc(C3CC3)c(F)c2)[nH]1. The van der Waals surface area contributed by atoms with Crippen LogP contribution in [0.5, 0.6) is 0 Å². The van der Waals surface area contributed by atoms with E-state index in [-0.39, 0.29) is 24.1 Å². The first-order valence-corrected chi connectivity index (χ1v) is 11.8. The van der Waals surface area contributed by atoms with Crippen molar-refractivity contribution in [2.75, 3.05) is 6.54 Å². The monoisotopic (exact) mass is 461 g/mol. The fourth-order valence-electron chi connectivity index (χ4n) is 4.75. The van der Waals surface area contributed by atoms with Gasteiger partial charge in [0.15, 0.2) is 0 Å². The lowest BCUT2D eigenvalue weighted by molar-refractivity contribution is -0.138. The maximum atomic E-state index is 14.9. The lowest BCUT2D eigenvalue weighted by atomic mass is 9.96. The van der Waals surface area contributed by atoms with Crippen LogP contribution in [0.25, 0.3) is 0 Å². The minimum Gasteiger partial charge on any atom is -0.343 e. The maximum absolute atomic E-state index is 14.9. The molecular weight excluding hydrogens is 433 g/mol. The predicted molar refractivity (Wildman–Crippen MR) is 124 cm³/mol. The number of aryl methyl sites for hydroxylation is 1. The first kappa shape index (κ1) is 22.3. The number of benzene rings is 2. The molecule has 0 bridgehead atoms. The second-order valence-electron chi connectivity index (χ2n) is 9.19. The van der Waals surface area contributed by atoms with Gasteiger partial charge in [-0.25, -0.2) is 4.39 Å². The Kier molecular flexibility index (Phi) is 6.13. The average Bonchev–Trinajstić information content (AvgIpc) is 3.40. The Morgan fingerprint density at radius 1 is 1.12 bits per heavy atom. The van der Waals surface area contributed by atoms with Gasteiger partial charge in [-0.15, -0.1) is 10.2 Å². The van der Waals surface area contributed by atoms with E-state index in [4.69, 9.17) is 0 Å². The quantitative estimate of drug-likeness (QED) is 0.563. The fraction of sp³-hybridized carbons (Fsp3) is 0.385. The summed E-state index contributed by atoms with van der Waals surface area (Å²) in [6, 6.07) is 13.7. The van der Waals surface area contributed by atoms with Crippen LogP contribution in [-0.4, -0.2) is 44.5 Å². The lowest BCUT2D eigenvalue weighted by Crippen LogP contribution is -2.47. The highest BCUT2D eigenvalue weighted by atomic mass is 19.1. The van der Waals surface area contributed by atoms with Crippen molar-refractivity contribution >= 4 is 11.8 Å². The lowest BCUT2D eigenvalue weighted by Gasteiger charge is -2.27. The van der Waals surface area contributed by atoms with Crippen molar-refractivity contribution in [3.8, 4) is 0 Å². The number of aromatic nitrogens is 3. The molecule has 5 rings (SSSR count). The molecular formula is C26H28FN5O2. The highest BCUT2D eigenvalue weighted by molar-refractivity contribution is 5.89. The fourth-order valence-corrected chi connectivity index (χ4v) is 4.75. The van der Waals surface area contributed by atoms with Gasteiger partial charge < -0.3 is 15.2 Å². The zero-order valence-electron chi connectivity index (χ0n) is 19.1. The van der Waals surface area contributed by atoms with Crippen LogP contribution in [0.2, 0.25) is 0 Å². The van der Waals surface area contributed by atoms with E-state index in [1.165, 1.54) is 6.07 Å². The van der Waals surface area contributed by atoms with Crippen LogP contribution < -0.4 is 5.32 Å². The summed E-state index contributed by atoms with van der Waals surface area (Å²) < 4.78 is 14.9. The predicted octanol–water partition coefficient (Wildman–Crippen LogP) is 3.57. The largest absolute Gasteiger partial charge is 0.343 e. The van der Waals surface area contributed by atoms with Gasteiger partial charge in [0.2, 0.25) is 11.8 Å². The molecule has 1 saturated carbocycles. The summed E-state index contributed by atoms with van der Waals surface area (Å²) in [6.07, 6.45) is 3.45. The molecule has 2 fully saturated rings. The highest BCUT2D eigenvalue weighted by Crippen LogP contribution is 2.41. The first-order chi connectivity index (χ1) is 16.5. The molecule has 0 spiro atoms. The molecule has 34 heavy (non-hydrogen) atoms. The molecule has 2 N–H and O–H groups in total. The number of nitrogens with one attached hydrogen (secondary N) is 2. The molecule has 1 aliphatic heterocycles. The third-order valence-corrected chi connectivity index (χ3v) is 6.63. The molecule has 176 valence electrons. The molecule has 0 radical (unpaired) electrons. The van der Waals surface area contributed by atoms with Crippen LogP contribution in [0.15, 0.2) is 48.5 Å². The van der Waals surface area contributed by atoms with Crippen molar-refractivity contribution in [2.24, 2.45) is 0 Å². The van der Waals surface area contributed by atoms with Gasteiger partial charge in [-0.1, -0.05) is 42.5 Å². The van der Waals surface area contributed by atoms with Gasteiger partial charge in [-0.2, -0.15) is 0 Å². The number of nitrogens with zero attached hydrogens (tertiary/aromatic N) is 3. The number of hydrogen-bond donors (Lipinski definition) is 2. The van der Waals surface area contributed by atoms with Gasteiger partial charge in [-0.05, 0) is 61.3 Å². The molecule has 0 unspecified atom stereocenters. The van der Waals surface area contributed by atoms with Gasteiger partial charge in [0.25, 0.3) is 0 Å². The molecule has 7 nitrogen and oxygen atoms in total. The minimum atomic E-state index is -0.571. The Bertz CT molecular complexity index is 1190. The van der Waals surface area contributed by atoms with Crippen molar-refractivity contribution < 1.29 is 14.0 Å². The van der Waals surface area contributed by atoms with Gasteiger partial charge in [0.1, 0.15) is 23.5 Å². The topological polar surface area (TPSA) is 91.0 Å². The normalized spacial score (nSPS) is 18.6. The van der Waals surface area contributed by atoms with Crippen LogP contribution in [0.1, 0.15) is 66.0 Å². The van der Waals surface area contributed by atoms with Crippen LogP contribution in [0.3, 0.4) is 0 Å². The Balaban J connectivity index is 1.36. The number of carbonyl (C=O) groups excluding carboxylic acids is 2. The number of H-pyrrole nitrogens is 1. The van der Waals surface area contributed by atoms with E-state index in [9.17, 15) is 14.0 Å². The minimum absolute atomic E-state index is 0.0700. The van der Waals surface area contributed by atoms with Crippen molar-refractivity contribution in [1.82, 2.24) is 25.4 Å². The van der Waals surface area contributed by atoms with E-state index in [2.05, 4.69) is 20.5 Å². The standard InChI is InChI=1S/C26H28FN5O2/c1-16-28-23(31-30-16)15-24(33)32-13-5-8-22(32)26(34)29-25(18-6-3-2-4-7-18)19-11-12-20(17-9-10-17)21(27)14-19/h2-4,6-7,11-12,14,17,22,25H,5,8-10,13,15H2,1H3,(H,29,34)(H,28,30,31)/t22-,25-/m0/s1. The van der Waals surface area contributed by atoms with Crippen LogP contribution in [0, 0.1) is 12.7 Å².